The lowest BCUT2D eigenvalue weighted by molar-refractivity contribution is -0.135. The minimum absolute atomic E-state index is 0.110. The van der Waals surface area contributed by atoms with Crippen LogP contribution in [-0.2, 0) is 19.1 Å². The van der Waals surface area contributed by atoms with Gasteiger partial charge in [-0.25, -0.2) is 4.79 Å². The van der Waals surface area contributed by atoms with E-state index in [-0.39, 0.29) is 12.7 Å². The van der Waals surface area contributed by atoms with Gasteiger partial charge >= 0.3 is 6.47 Å². The first-order valence-corrected chi connectivity index (χ1v) is 6.93. The quantitative estimate of drug-likeness (QED) is 0.354. The summed E-state index contributed by atoms with van der Waals surface area (Å²) >= 11 is 0. The maximum Gasteiger partial charge on any atom is 0.417 e. The Morgan fingerprint density at radius 2 is 1.67 bits per heavy atom. The summed E-state index contributed by atoms with van der Waals surface area (Å²) in [6.45, 7) is 4.07. The summed E-state index contributed by atoms with van der Waals surface area (Å²) in [5.41, 5.74) is 0. The van der Waals surface area contributed by atoms with E-state index in [1.807, 2.05) is 0 Å². The molecule has 0 aromatic heterocycles. The molecule has 1 atom stereocenters. The fraction of sp³-hybridized carbons (Fsp3) is 0.857. The molecular formula is C14H25O4. The zero-order valence-corrected chi connectivity index (χ0v) is 11.4. The van der Waals surface area contributed by atoms with Crippen molar-refractivity contribution in [3.63, 3.8) is 0 Å². The van der Waals surface area contributed by atoms with Crippen LogP contribution in [0, 0.1) is 0 Å². The van der Waals surface area contributed by atoms with E-state index in [0.717, 1.165) is 19.3 Å². The molecule has 4 heteroatoms. The molecule has 0 bridgehead atoms. The van der Waals surface area contributed by atoms with Crippen molar-refractivity contribution in [2.75, 3.05) is 6.61 Å². The van der Waals surface area contributed by atoms with Gasteiger partial charge in [0.15, 0.2) is 0 Å². The molecule has 0 heterocycles. The van der Waals surface area contributed by atoms with Crippen LogP contribution >= 0.6 is 0 Å². The van der Waals surface area contributed by atoms with Crippen molar-refractivity contribution in [3.05, 3.63) is 0 Å². The van der Waals surface area contributed by atoms with Crippen LogP contribution in [0.3, 0.4) is 0 Å². The zero-order valence-electron chi connectivity index (χ0n) is 11.4. The van der Waals surface area contributed by atoms with E-state index in [2.05, 4.69) is 11.7 Å². The van der Waals surface area contributed by atoms with Gasteiger partial charge in [-0.05, 0) is 12.8 Å². The van der Waals surface area contributed by atoms with Crippen LogP contribution in [0.5, 0.6) is 0 Å². The van der Waals surface area contributed by atoms with Gasteiger partial charge in [-0.2, -0.15) is 0 Å². The molecule has 0 fully saturated rings. The molecule has 0 aromatic carbocycles. The van der Waals surface area contributed by atoms with Crippen molar-refractivity contribution in [1.82, 2.24) is 0 Å². The minimum atomic E-state index is -0.316. The smallest absolute Gasteiger partial charge is 0.417 e. The largest absolute Gasteiger partial charge is 0.461 e. The molecule has 0 N–H and O–H groups in total. The van der Waals surface area contributed by atoms with Crippen molar-refractivity contribution in [2.45, 2.75) is 70.8 Å². The standard InChI is InChI=1S/C14H25O4/c1-2-3-4-5-6-7-8-9-10-14(18-13-16)11-17-12-15/h13-14H,2-11H2,1H3. The molecular weight excluding hydrogens is 232 g/mol. The van der Waals surface area contributed by atoms with E-state index in [4.69, 9.17) is 4.74 Å². The lowest BCUT2D eigenvalue weighted by atomic mass is 10.1. The maximum atomic E-state index is 10.2. The fourth-order valence-electron chi connectivity index (χ4n) is 1.90. The van der Waals surface area contributed by atoms with Crippen LogP contribution in [0.25, 0.3) is 0 Å². The molecule has 1 radical (unpaired) electrons. The van der Waals surface area contributed by atoms with Gasteiger partial charge < -0.3 is 9.47 Å². The molecule has 0 rings (SSSR count). The van der Waals surface area contributed by atoms with Gasteiger partial charge in [-0.15, -0.1) is 0 Å². The number of hydrogen-bond acceptors (Lipinski definition) is 4. The Bertz CT molecular complexity index is 194. The van der Waals surface area contributed by atoms with E-state index in [9.17, 15) is 9.59 Å². The summed E-state index contributed by atoms with van der Waals surface area (Å²) in [5, 5.41) is 0. The highest BCUT2D eigenvalue weighted by Gasteiger charge is 2.09. The van der Waals surface area contributed by atoms with Gasteiger partial charge in [0.05, 0.1) is 0 Å². The third-order valence-corrected chi connectivity index (χ3v) is 2.96. The molecule has 1 unspecified atom stereocenters. The Morgan fingerprint density at radius 1 is 1.06 bits per heavy atom. The second-order valence-corrected chi connectivity index (χ2v) is 4.51. The molecule has 0 saturated heterocycles. The summed E-state index contributed by atoms with van der Waals surface area (Å²) in [5.74, 6) is 0. The van der Waals surface area contributed by atoms with E-state index in [1.54, 1.807) is 0 Å². The Hall–Kier alpha value is -1.06. The molecule has 0 aliphatic carbocycles. The summed E-state index contributed by atoms with van der Waals surface area (Å²) < 4.78 is 9.30. The van der Waals surface area contributed by atoms with Crippen LogP contribution in [0.15, 0.2) is 0 Å². The molecule has 0 aromatic rings. The number of carbonyl (C=O) groups is 1. The van der Waals surface area contributed by atoms with Gasteiger partial charge in [0.2, 0.25) is 0 Å². The van der Waals surface area contributed by atoms with Gasteiger partial charge in [-0.1, -0.05) is 51.9 Å². The first kappa shape index (κ1) is 16.9. The predicted molar refractivity (Wildman–Crippen MR) is 69.8 cm³/mol. The Labute approximate surface area is 110 Å². The number of hydrogen-bond donors (Lipinski definition) is 0. The summed E-state index contributed by atoms with van der Waals surface area (Å²) in [4.78, 5) is 20.2. The van der Waals surface area contributed by atoms with Crippen molar-refractivity contribution in [2.24, 2.45) is 0 Å². The zero-order chi connectivity index (χ0) is 13.5. The average molecular weight is 257 g/mol. The number of rotatable bonds is 14. The minimum Gasteiger partial charge on any atom is -0.461 e. The highest BCUT2D eigenvalue weighted by atomic mass is 16.6. The topological polar surface area (TPSA) is 52.6 Å². The highest BCUT2D eigenvalue weighted by Crippen LogP contribution is 2.11. The van der Waals surface area contributed by atoms with Crippen LogP contribution in [0.2, 0.25) is 0 Å². The van der Waals surface area contributed by atoms with E-state index in [0.29, 0.717) is 6.47 Å². The highest BCUT2D eigenvalue weighted by molar-refractivity contribution is 5.39. The van der Waals surface area contributed by atoms with Crippen molar-refractivity contribution < 1.29 is 19.1 Å². The van der Waals surface area contributed by atoms with Crippen LogP contribution in [0.1, 0.15) is 64.7 Å². The fourth-order valence-corrected chi connectivity index (χ4v) is 1.90. The van der Waals surface area contributed by atoms with Crippen molar-refractivity contribution in [3.8, 4) is 0 Å². The summed E-state index contributed by atoms with van der Waals surface area (Å²) in [6, 6.07) is 0. The van der Waals surface area contributed by atoms with Crippen molar-refractivity contribution in [1.29, 1.82) is 0 Å². The molecule has 0 aliphatic heterocycles. The molecule has 0 aliphatic rings. The lowest BCUT2D eigenvalue weighted by Crippen LogP contribution is -2.19. The summed E-state index contributed by atoms with van der Waals surface area (Å²) in [7, 11) is 0. The monoisotopic (exact) mass is 257 g/mol. The molecule has 18 heavy (non-hydrogen) atoms. The molecule has 105 valence electrons. The second kappa shape index (κ2) is 14.0. The normalized spacial score (nSPS) is 11.8. The van der Waals surface area contributed by atoms with Gasteiger partial charge in [0.25, 0.3) is 6.47 Å². The van der Waals surface area contributed by atoms with Gasteiger partial charge in [0.1, 0.15) is 12.7 Å². The third-order valence-electron chi connectivity index (χ3n) is 2.96. The first-order chi connectivity index (χ1) is 8.85. The average Bonchev–Trinajstić information content (AvgIpc) is 2.39. The number of ether oxygens (including phenoxy) is 2. The number of carbonyl (C=O) groups excluding carboxylic acids is 2. The van der Waals surface area contributed by atoms with Crippen LogP contribution in [-0.4, -0.2) is 25.7 Å². The van der Waals surface area contributed by atoms with Crippen LogP contribution < -0.4 is 0 Å². The second-order valence-electron chi connectivity index (χ2n) is 4.51. The van der Waals surface area contributed by atoms with E-state index >= 15 is 0 Å². The number of unbranched alkanes of at least 4 members (excludes halogenated alkanes) is 7. The van der Waals surface area contributed by atoms with Crippen molar-refractivity contribution >= 4 is 12.9 Å². The maximum absolute atomic E-state index is 10.2. The molecule has 0 amide bonds. The lowest BCUT2D eigenvalue weighted by Gasteiger charge is -2.13. The Morgan fingerprint density at radius 3 is 2.22 bits per heavy atom. The summed E-state index contributed by atoms with van der Waals surface area (Å²) in [6.07, 6.45) is 10.3. The molecule has 0 spiro atoms. The molecule has 4 nitrogen and oxygen atoms in total. The van der Waals surface area contributed by atoms with Gasteiger partial charge in [-0.3, -0.25) is 4.79 Å². The van der Waals surface area contributed by atoms with Gasteiger partial charge in [0, 0.05) is 0 Å². The van der Waals surface area contributed by atoms with E-state index in [1.165, 1.54) is 45.0 Å². The third kappa shape index (κ3) is 11.4. The van der Waals surface area contributed by atoms with Crippen LogP contribution in [0.4, 0.5) is 0 Å². The Kier molecular flexibility index (Phi) is 13.2. The molecule has 0 saturated carbocycles. The Balaban J connectivity index is 3.36. The SMILES string of the molecule is CCCCCCCCCCC(CO[C]=O)OC=O. The predicted octanol–water partition coefficient (Wildman–Crippen LogP) is 3.14. The van der Waals surface area contributed by atoms with E-state index < -0.39 is 0 Å². The first-order valence-electron chi connectivity index (χ1n) is 6.93.